The Labute approximate surface area is 123 Å². The lowest BCUT2D eigenvalue weighted by Gasteiger charge is -2.43. The van der Waals surface area contributed by atoms with Crippen LogP contribution in [-0.2, 0) is 25.6 Å². The number of fused-ring (bicyclic) bond motifs is 3. The summed E-state index contributed by atoms with van der Waals surface area (Å²) in [4.78, 5) is 27.2. The number of esters is 2. The van der Waals surface area contributed by atoms with Crippen LogP contribution in [0.15, 0.2) is 24.3 Å². The molecule has 3 rings (SSSR count). The number of methoxy groups -OCH3 is 2. The molecular formula is C16H19NO4. The van der Waals surface area contributed by atoms with Crippen molar-refractivity contribution in [3.63, 3.8) is 0 Å². The maximum atomic E-state index is 12.5. The molecule has 0 aromatic heterocycles. The molecule has 0 N–H and O–H groups in total. The number of nitrogens with zero attached hydrogens (tertiary/aromatic N) is 1. The topological polar surface area (TPSA) is 55.8 Å². The summed E-state index contributed by atoms with van der Waals surface area (Å²) >= 11 is 0. The van der Waals surface area contributed by atoms with Gasteiger partial charge in [-0.15, -0.1) is 0 Å². The number of hydrogen-bond donors (Lipinski definition) is 0. The molecule has 2 aliphatic heterocycles. The molecule has 1 aromatic rings. The average molecular weight is 289 g/mol. The van der Waals surface area contributed by atoms with E-state index in [1.54, 1.807) is 0 Å². The minimum Gasteiger partial charge on any atom is -0.468 e. The van der Waals surface area contributed by atoms with E-state index in [0.717, 1.165) is 25.1 Å². The lowest BCUT2D eigenvalue weighted by atomic mass is 9.71. The minimum atomic E-state index is -1.26. The van der Waals surface area contributed by atoms with Gasteiger partial charge in [0.1, 0.15) is 0 Å². The first kappa shape index (κ1) is 14.1. The molecule has 0 bridgehead atoms. The summed E-state index contributed by atoms with van der Waals surface area (Å²) < 4.78 is 9.95. The van der Waals surface area contributed by atoms with E-state index in [1.165, 1.54) is 19.8 Å². The molecule has 21 heavy (non-hydrogen) atoms. The minimum absolute atomic E-state index is 0.289. The van der Waals surface area contributed by atoms with Gasteiger partial charge in [-0.3, -0.25) is 14.5 Å². The van der Waals surface area contributed by atoms with Gasteiger partial charge in [-0.25, -0.2) is 0 Å². The number of carbonyl (C=O) groups is 2. The Morgan fingerprint density at radius 1 is 1.19 bits per heavy atom. The van der Waals surface area contributed by atoms with Crippen LogP contribution in [-0.4, -0.2) is 37.6 Å². The van der Waals surface area contributed by atoms with E-state index >= 15 is 0 Å². The highest BCUT2D eigenvalue weighted by Crippen LogP contribution is 2.52. The summed E-state index contributed by atoms with van der Waals surface area (Å²) in [5.41, 5.74) is 0.948. The maximum Gasteiger partial charge on any atom is 0.325 e. The van der Waals surface area contributed by atoms with Crippen molar-refractivity contribution >= 4 is 11.9 Å². The molecule has 1 atom stereocenters. The first-order chi connectivity index (χ1) is 10.1. The summed E-state index contributed by atoms with van der Waals surface area (Å²) in [5, 5.41) is 0. The van der Waals surface area contributed by atoms with Crippen LogP contribution in [0, 0.1) is 5.41 Å². The van der Waals surface area contributed by atoms with Gasteiger partial charge in [-0.05, 0) is 30.5 Å². The van der Waals surface area contributed by atoms with Crippen molar-refractivity contribution in [3.05, 3.63) is 35.4 Å². The predicted molar refractivity (Wildman–Crippen MR) is 75.3 cm³/mol. The number of benzene rings is 1. The van der Waals surface area contributed by atoms with Gasteiger partial charge < -0.3 is 9.47 Å². The highest BCUT2D eigenvalue weighted by molar-refractivity contribution is 6.01. The second kappa shape index (κ2) is 5.15. The van der Waals surface area contributed by atoms with Gasteiger partial charge in [0, 0.05) is 6.54 Å². The van der Waals surface area contributed by atoms with Crippen molar-refractivity contribution in [1.29, 1.82) is 0 Å². The zero-order valence-electron chi connectivity index (χ0n) is 12.3. The Bertz CT molecular complexity index is 567. The molecule has 0 radical (unpaired) electrons. The van der Waals surface area contributed by atoms with Crippen LogP contribution in [0.1, 0.15) is 30.0 Å². The third kappa shape index (κ3) is 1.87. The van der Waals surface area contributed by atoms with Crippen molar-refractivity contribution in [3.8, 4) is 0 Å². The highest BCUT2D eigenvalue weighted by atomic mass is 16.5. The molecule has 5 heteroatoms. The van der Waals surface area contributed by atoms with Gasteiger partial charge in [0.2, 0.25) is 0 Å². The fraction of sp³-hybridized carbons (Fsp3) is 0.500. The van der Waals surface area contributed by atoms with Crippen LogP contribution in [0.2, 0.25) is 0 Å². The first-order valence-electron chi connectivity index (χ1n) is 7.14. The van der Waals surface area contributed by atoms with Crippen LogP contribution in [0.3, 0.4) is 0 Å². The third-order valence-corrected chi connectivity index (χ3v) is 4.67. The first-order valence-corrected chi connectivity index (χ1v) is 7.14. The molecule has 1 saturated heterocycles. The zero-order valence-corrected chi connectivity index (χ0v) is 12.3. The SMILES string of the molecule is COC(=O)C1(C(=O)OC)CCCN2Cc3ccccc3C21. The Balaban J connectivity index is 2.15. The number of rotatable bonds is 2. The Morgan fingerprint density at radius 2 is 1.86 bits per heavy atom. The molecule has 1 fully saturated rings. The molecule has 0 aliphatic carbocycles. The van der Waals surface area contributed by atoms with Gasteiger partial charge in [0.05, 0.1) is 20.3 Å². The van der Waals surface area contributed by atoms with Crippen molar-refractivity contribution < 1.29 is 19.1 Å². The third-order valence-electron chi connectivity index (χ3n) is 4.67. The van der Waals surface area contributed by atoms with Gasteiger partial charge in [-0.1, -0.05) is 24.3 Å². The smallest absolute Gasteiger partial charge is 0.325 e. The monoisotopic (exact) mass is 289 g/mol. The van der Waals surface area contributed by atoms with Gasteiger partial charge in [0.25, 0.3) is 0 Å². The Morgan fingerprint density at radius 3 is 2.52 bits per heavy atom. The van der Waals surface area contributed by atoms with E-state index in [4.69, 9.17) is 9.47 Å². The van der Waals surface area contributed by atoms with Crippen LogP contribution >= 0.6 is 0 Å². The lowest BCUT2D eigenvalue weighted by Crippen LogP contribution is -2.53. The average Bonchev–Trinajstić information content (AvgIpc) is 2.92. The van der Waals surface area contributed by atoms with Crippen molar-refractivity contribution in [2.75, 3.05) is 20.8 Å². The number of hydrogen-bond acceptors (Lipinski definition) is 5. The molecule has 2 heterocycles. The number of carbonyl (C=O) groups excluding carboxylic acids is 2. The molecule has 0 saturated carbocycles. The van der Waals surface area contributed by atoms with Crippen molar-refractivity contribution in [2.24, 2.45) is 5.41 Å². The number of piperidine rings is 1. The van der Waals surface area contributed by atoms with Gasteiger partial charge >= 0.3 is 11.9 Å². The molecular weight excluding hydrogens is 270 g/mol. The largest absolute Gasteiger partial charge is 0.468 e. The molecule has 0 spiro atoms. The molecule has 1 aromatic carbocycles. The quantitative estimate of drug-likeness (QED) is 0.612. The summed E-state index contributed by atoms with van der Waals surface area (Å²) in [6, 6.07) is 7.67. The summed E-state index contributed by atoms with van der Waals surface area (Å²) in [7, 11) is 2.65. The highest BCUT2D eigenvalue weighted by Gasteiger charge is 2.60. The molecule has 5 nitrogen and oxygen atoms in total. The summed E-state index contributed by atoms with van der Waals surface area (Å²) in [6.45, 7) is 1.63. The second-order valence-electron chi connectivity index (χ2n) is 5.63. The van der Waals surface area contributed by atoms with E-state index in [9.17, 15) is 9.59 Å². The number of ether oxygens (including phenoxy) is 2. The Kier molecular flexibility index (Phi) is 3.45. The van der Waals surface area contributed by atoms with Crippen LogP contribution in [0.25, 0.3) is 0 Å². The summed E-state index contributed by atoms with van der Waals surface area (Å²) in [5.74, 6) is -0.999. The molecule has 1 unspecified atom stereocenters. The molecule has 0 amide bonds. The van der Waals surface area contributed by atoms with Crippen LogP contribution < -0.4 is 0 Å². The van der Waals surface area contributed by atoms with E-state index in [1.807, 2.05) is 24.3 Å². The standard InChI is InChI=1S/C16H19NO4/c1-20-14(18)16(15(19)21-2)8-5-9-17-10-11-6-3-4-7-12(11)13(16)17/h3-4,6-7,13H,5,8-10H2,1-2H3. The van der Waals surface area contributed by atoms with Crippen molar-refractivity contribution in [1.82, 2.24) is 4.90 Å². The molecule has 2 aliphatic rings. The van der Waals surface area contributed by atoms with E-state index in [-0.39, 0.29) is 6.04 Å². The normalized spacial score (nSPS) is 23.0. The van der Waals surface area contributed by atoms with Crippen LogP contribution in [0.5, 0.6) is 0 Å². The maximum absolute atomic E-state index is 12.5. The van der Waals surface area contributed by atoms with Crippen molar-refractivity contribution in [2.45, 2.75) is 25.4 Å². The van der Waals surface area contributed by atoms with E-state index < -0.39 is 17.4 Å². The fourth-order valence-electron chi connectivity index (χ4n) is 3.81. The fourth-order valence-corrected chi connectivity index (χ4v) is 3.81. The van der Waals surface area contributed by atoms with Gasteiger partial charge in [-0.2, -0.15) is 0 Å². The summed E-state index contributed by atoms with van der Waals surface area (Å²) in [6.07, 6.45) is 1.23. The lowest BCUT2D eigenvalue weighted by molar-refractivity contribution is -0.179. The Hall–Kier alpha value is -1.88. The van der Waals surface area contributed by atoms with Gasteiger partial charge in [0.15, 0.2) is 5.41 Å². The van der Waals surface area contributed by atoms with E-state index in [2.05, 4.69) is 4.90 Å². The second-order valence-corrected chi connectivity index (χ2v) is 5.63. The zero-order chi connectivity index (χ0) is 15.0. The molecule has 112 valence electrons. The van der Waals surface area contributed by atoms with E-state index in [0.29, 0.717) is 6.42 Å². The van der Waals surface area contributed by atoms with Crippen LogP contribution in [0.4, 0.5) is 0 Å². The predicted octanol–water partition coefficient (Wildman–Crippen LogP) is 1.67.